The maximum Gasteiger partial charge on any atom is 0.194 e. The first-order valence-electron chi connectivity index (χ1n) is 3.60. The van der Waals surface area contributed by atoms with Gasteiger partial charge in [0, 0.05) is 11.1 Å². The molecular weight excluding hydrogens is 170 g/mol. The maximum absolute atomic E-state index is 8.52. The first-order valence-corrected chi connectivity index (χ1v) is 4.42. The van der Waals surface area contributed by atoms with Gasteiger partial charge < -0.3 is 0 Å². The SMILES string of the molecule is Cc1cn2c(CC#N)cnc2s1. The third-order valence-electron chi connectivity index (χ3n) is 1.66. The van der Waals surface area contributed by atoms with Crippen molar-refractivity contribution in [2.24, 2.45) is 0 Å². The Balaban J connectivity index is 2.62. The first-order chi connectivity index (χ1) is 5.81. The van der Waals surface area contributed by atoms with Crippen molar-refractivity contribution in [3.05, 3.63) is 23.0 Å². The molecular formula is C8H7N3S. The Labute approximate surface area is 73.9 Å². The van der Waals surface area contributed by atoms with Crippen LogP contribution in [0, 0.1) is 18.3 Å². The van der Waals surface area contributed by atoms with Gasteiger partial charge >= 0.3 is 0 Å². The second-order valence-corrected chi connectivity index (χ2v) is 3.79. The molecule has 0 atom stereocenters. The van der Waals surface area contributed by atoms with E-state index in [2.05, 4.69) is 11.1 Å². The number of imidazole rings is 1. The Morgan fingerprint density at radius 1 is 1.75 bits per heavy atom. The molecule has 0 radical (unpaired) electrons. The van der Waals surface area contributed by atoms with Gasteiger partial charge in [-0.3, -0.25) is 4.40 Å². The van der Waals surface area contributed by atoms with Crippen LogP contribution in [0.5, 0.6) is 0 Å². The molecule has 0 saturated heterocycles. The van der Waals surface area contributed by atoms with Gasteiger partial charge in [-0.05, 0) is 6.92 Å². The van der Waals surface area contributed by atoms with E-state index >= 15 is 0 Å². The molecule has 0 aliphatic rings. The lowest BCUT2D eigenvalue weighted by atomic mass is 10.4. The van der Waals surface area contributed by atoms with Crippen molar-refractivity contribution >= 4 is 16.3 Å². The van der Waals surface area contributed by atoms with E-state index in [4.69, 9.17) is 5.26 Å². The molecule has 4 heteroatoms. The van der Waals surface area contributed by atoms with Crippen LogP contribution in [0.3, 0.4) is 0 Å². The smallest absolute Gasteiger partial charge is 0.194 e. The zero-order valence-electron chi connectivity index (χ0n) is 6.61. The number of thiazole rings is 1. The lowest BCUT2D eigenvalue weighted by Gasteiger charge is -1.87. The summed E-state index contributed by atoms with van der Waals surface area (Å²) in [6, 6.07) is 2.12. The third kappa shape index (κ3) is 0.990. The number of nitrogens with zero attached hydrogens (tertiary/aromatic N) is 3. The highest BCUT2D eigenvalue weighted by Crippen LogP contribution is 2.17. The molecule has 2 aromatic rings. The number of rotatable bonds is 1. The number of nitriles is 1. The molecule has 0 N–H and O–H groups in total. The normalized spacial score (nSPS) is 10.3. The van der Waals surface area contributed by atoms with Crippen LogP contribution in [0.1, 0.15) is 10.6 Å². The van der Waals surface area contributed by atoms with Crippen molar-refractivity contribution in [2.75, 3.05) is 0 Å². The molecule has 2 aromatic heterocycles. The van der Waals surface area contributed by atoms with Crippen LogP contribution in [0.15, 0.2) is 12.4 Å². The highest BCUT2D eigenvalue weighted by atomic mass is 32.1. The topological polar surface area (TPSA) is 41.1 Å². The van der Waals surface area contributed by atoms with Gasteiger partial charge in [-0.1, -0.05) is 0 Å². The second kappa shape index (κ2) is 2.61. The standard InChI is InChI=1S/C8H7N3S/c1-6-5-11-7(2-3-9)4-10-8(11)12-6/h4-5H,2H2,1H3. The average Bonchev–Trinajstić information content (AvgIpc) is 2.52. The van der Waals surface area contributed by atoms with E-state index in [0.29, 0.717) is 6.42 Å². The highest BCUT2D eigenvalue weighted by molar-refractivity contribution is 7.16. The van der Waals surface area contributed by atoms with Crippen LogP contribution in [-0.4, -0.2) is 9.38 Å². The Morgan fingerprint density at radius 2 is 2.58 bits per heavy atom. The third-order valence-corrected chi connectivity index (χ3v) is 2.57. The molecule has 0 bridgehead atoms. The zero-order valence-corrected chi connectivity index (χ0v) is 7.43. The van der Waals surface area contributed by atoms with Gasteiger partial charge in [-0.15, -0.1) is 11.3 Å². The van der Waals surface area contributed by atoms with Crippen molar-refractivity contribution in [2.45, 2.75) is 13.3 Å². The predicted octanol–water partition coefficient (Wildman–Crippen LogP) is 1.77. The van der Waals surface area contributed by atoms with Crippen molar-refractivity contribution < 1.29 is 0 Å². The number of aromatic nitrogens is 2. The monoisotopic (exact) mass is 177 g/mol. The number of hydrogen-bond acceptors (Lipinski definition) is 3. The van der Waals surface area contributed by atoms with E-state index in [1.807, 2.05) is 17.5 Å². The van der Waals surface area contributed by atoms with Crippen molar-refractivity contribution in [3.8, 4) is 6.07 Å². The molecule has 2 heterocycles. The number of hydrogen-bond donors (Lipinski definition) is 0. The Kier molecular flexibility index (Phi) is 1.59. The molecule has 12 heavy (non-hydrogen) atoms. The Hall–Kier alpha value is -1.34. The van der Waals surface area contributed by atoms with E-state index in [1.165, 1.54) is 4.88 Å². The molecule has 0 unspecified atom stereocenters. The average molecular weight is 177 g/mol. The highest BCUT2D eigenvalue weighted by Gasteiger charge is 2.04. The van der Waals surface area contributed by atoms with Crippen LogP contribution >= 0.6 is 11.3 Å². The quantitative estimate of drug-likeness (QED) is 0.666. The van der Waals surface area contributed by atoms with Gasteiger partial charge in [0.05, 0.1) is 24.4 Å². The van der Waals surface area contributed by atoms with Crippen LogP contribution in [0.2, 0.25) is 0 Å². The van der Waals surface area contributed by atoms with Crippen LogP contribution < -0.4 is 0 Å². The summed E-state index contributed by atoms with van der Waals surface area (Å²) in [5.74, 6) is 0. The summed E-state index contributed by atoms with van der Waals surface area (Å²) in [4.78, 5) is 6.38. The molecule has 2 rings (SSSR count). The minimum Gasteiger partial charge on any atom is -0.293 e. The van der Waals surface area contributed by atoms with E-state index in [-0.39, 0.29) is 0 Å². The lowest BCUT2D eigenvalue weighted by molar-refractivity contribution is 1.07. The molecule has 0 aliphatic heterocycles. The Morgan fingerprint density at radius 3 is 3.33 bits per heavy atom. The molecule has 0 aromatic carbocycles. The molecule has 0 amide bonds. The summed E-state index contributed by atoms with van der Waals surface area (Å²) in [5.41, 5.74) is 0.969. The maximum atomic E-state index is 8.52. The van der Waals surface area contributed by atoms with Crippen LogP contribution in [-0.2, 0) is 6.42 Å². The van der Waals surface area contributed by atoms with Crippen molar-refractivity contribution in [3.63, 3.8) is 0 Å². The lowest BCUT2D eigenvalue weighted by Crippen LogP contribution is -1.86. The van der Waals surface area contributed by atoms with Gasteiger partial charge in [-0.25, -0.2) is 4.98 Å². The molecule has 0 aliphatic carbocycles. The number of fused-ring (bicyclic) bond motifs is 1. The van der Waals surface area contributed by atoms with Gasteiger partial charge in [0.1, 0.15) is 0 Å². The fourth-order valence-corrected chi connectivity index (χ4v) is 1.97. The van der Waals surface area contributed by atoms with Crippen molar-refractivity contribution in [1.29, 1.82) is 5.26 Å². The van der Waals surface area contributed by atoms with Gasteiger partial charge in [0.25, 0.3) is 0 Å². The molecule has 3 nitrogen and oxygen atoms in total. The summed E-state index contributed by atoms with van der Waals surface area (Å²) in [6.07, 6.45) is 4.20. The van der Waals surface area contributed by atoms with Crippen molar-refractivity contribution in [1.82, 2.24) is 9.38 Å². The minimum absolute atomic E-state index is 0.428. The summed E-state index contributed by atoms with van der Waals surface area (Å²) >= 11 is 1.64. The number of aryl methyl sites for hydroxylation is 1. The van der Waals surface area contributed by atoms with Crippen LogP contribution in [0.25, 0.3) is 4.96 Å². The fraction of sp³-hybridized carbons (Fsp3) is 0.250. The van der Waals surface area contributed by atoms with Gasteiger partial charge in [-0.2, -0.15) is 5.26 Å². The molecule has 0 fully saturated rings. The van der Waals surface area contributed by atoms with Crippen LogP contribution in [0.4, 0.5) is 0 Å². The first kappa shape index (κ1) is 7.32. The Bertz CT molecular complexity index is 446. The van der Waals surface area contributed by atoms with E-state index in [9.17, 15) is 0 Å². The minimum atomic E-state index is 0.428. The van der Waals surface area contributed by atoms with Gasteiger partial charge in [0.2, 0.25) is 0 Å². The largest absolute Gasteiger partial charge is 0.293 e. The summed E-state index contributed by atoms with van der Waals surface area (Å²) < 4.78 is 1.98. The fourth-order valence-electron chi connectivity index (χ4n) is 1.15. The second-order valence-electron chi connectivity index (χ2n) is 2.58. The summed E-state index contributed by atoms with van der Waals surface area (Å²) in [6.45, 7) is 2.04. The predicted molar refractivity (Wildman–Crippen MR) is 47.1 cm³/mol. The van der Waals surface area contributed by atoms with E-state index < -0.39 is 0 Å². The molecule has 0 spiro atoms. The molecule has 60 valence electrons. The van der Waals surface area contributed by atoms with E-state index in [1.54, 1.807) is 17.5 Å². The summed E-state index contributed by atoms with van der Waals surface area (Å²) in [5, 5.41) is 8.52. The zero-order chi connectivity index (χ0) is 8.55. The summed E-state index contributed by atoms with van der Waals surface area (Å²) in [7, 11) is 0. The van der Waals surface area contributed by atoms with E-state index in [0.717, 1.165) is 10.7 Å². The molecule has 0 saturated carbocycles. The van der Waals surface area contributed by atoms with Gasteiger partial charge in [0.15, 0.2) is 4.96 Å².